The van der Waals surface area contributed by atoms with Crippen LogP contribution in [0.2, 0.25) is 0 Å². The van der Waals surface area contributed by atoms with Crippen molar-refractivity contribution in [2.75, 3.05) is 32.2 Å². The molecule has 0 aliphatic carbocycles. The molecule has 47 heavy (non-hydrogen) atoms. The number of carbonyl (C=O) groups excluding carboxylic acids is 1. The molecule has 3 unspecified atom stereocenters. The molecule has 3 heterocycles. The van der Waals surface area contributed by atoms with E-state index in [0.29, 0.717) is 5.39 Å². The van der Waals surface area contributed by atoms with Gasteiger partial charge in [-0.1, -0.05) is 57.2 Å². The van der Waals surface area contributed by atoms with Crippen LogP contribution in [0.25, 0.3) is 21.9 Å². The largest absolute Gasteiger partial charge is 0.476 e. The molecular formula is C31H40FN6O8P. The zero-order valence-corrected chi connectivity index (χ0v) is 28.0. The third-order valence-electron chi connectivity index (χ3n) is 7.59. The first-order valence-corrected chi connectivity index (χ1v) is 16.6. The molecule has 0 amide bonds. The second kappa shape index (κ2) is 13.0. The van der Waals surface area contributed by atoms with Gasteiger partial charge >= 0.3 is 13.7 Å². The van der Waals surface area contributed by atoms with E-state index in [4.69, 9.17) is 29.0 Å². The van der Waals surface area contributed by atoms with E-state index in [1.807, 2.05) is 39.0 Å². The quantitative estimate of drug-likeness (QED) is 0.139. The average molecular weight is 675 g/mol. The number of alkyl halides is 1. The lowest BCUT2D eigenvalue weighted by Gasteiger charge is -2.34. The predicted octanol–water partition coefficient (Wildman–Crippen LogP) is 4.72. The topological polar surface area (TPSA) is 182 Å². The Morgan fingerprint density at radius 2 is 1.98 bits per heavy atom. The molecule has 1 aliphatic rings. The van der Waals surface area contributed by atoms with Crippen LogP contribution in [0.4, 0.5) is 10.3 Å². The maximum Gasteiger partial charge on any atom is 0.459 e. The van der Waals surface area contributed by atoms with E-state index in [0.717, 1.165) is 12.3 Å². The number of fused-ring (bicyclic) bond motifs is 2. The van der Waals surface area contributed by atoms with Crippen LogP contribution in [-0.4, -0.2) is 74.3 Å². The number of rotatable bonds is 12. The minimum absolute atomic E-state index is 0.109. The summed E-state index contributed by atoms with van der Waals surface area (Å²) < 4.78 is 60.7. The Morgan fingerprint density at radius 3 is 2.70 bits per heavy atom. The monoisotopic (exact) mass is 674 g/mol. The highest BCUT2D eigenvalue weighted by molar-refractivity contribution is 7.52. The second-order valence-electron chi connectivity index (χ2n) is 12.8. The number of anilines is 1. The summed E-state index contributed by atoms with van der Waals surface area (Å²) in [6, 6.07) is 11.2. The van der Waals surface area contributed by atoms with Gasteiger partial charge in [-0.25, -0.2) is 13.9 Å². The number of aliphatic hydroxyl groups is 1. The van der Waals surface area contributed by atoms with Gasteiger partial charge in [0.2, 0.25) is 11.8 Å². The Bertz CT molecular complexity index is 1810. The van der Waals surface area contributed by atoms with Gasteiger partial charge in [-0.15, -0.1) is 0 Å². The number of nitrogens with two attached hydrogens (primary N) is 1. The summed E-state index contributed by atoms with van der Waals surface area (Å²) in [6.45, 7) is 8.96. The molecule has 0 saturated carbocycles. The van der Waals surface area contributed by atoms with E-state index >= 15 is 4.39 Å². The molecule has 14 nitrogen and oxygen atoms in total. The fourth-order valence-electron chi connectivity index (χ4n) is 4.97. The number of aromatic nitrogens is 4. The van der Waals surface area contributed by atoms with Crippen LogP contribution >= 0.6 is 7.75 Å². The lowest BCUT2D eigenvalue weighted by atomic mass is 9.88. The van der Waals surface area contributed by atoms with Crippen molar-refractivity contribution < 1.29 is 42.1 Å². The smallest absolute Gasteiger partial charge is 0.459 e. The van der Waals surface area contributed by atoms with Gasteiger partial charge in [0, 0.05) is 5.39 Å². The number of nitrogens with zero attached hydrogens (tertiary/aromatic N) is 4. The zero-order valence-electron chi connectivity index (χ0n) is 27.1. The van der Waals surface area contributed by atoms with E-state index in [2.05, 4.69) is 20.0 Å². The van der Waals surface area contributed by atoms with Gasteiger partial charge in [-0.05, 0) is 37.6 Å². The van der Waals surface area contributed by atoms with Gasteiger partial charge in [-0.3, -0.25) is 13.9 Å². The van der Waals surface area contributed by atoms with Crippen molar-refractivity contribution in [1.29, 1.82) is 0 Å². The van der Waals surface area contributed by atoms with Crippen molar-refractivity contribution >= 4 is 41.6 Å². The number of imidazole rings is 1. The molecule has 2 aromatic carbocycles. The Kier molecular flexibility index (Phi) is 9.50. The minimum atomic E-state index is -4.52. The maximum absolute atomic E-state index is 16.7. The van der Waals surface area contributed by atoms with Crippen molar-refractivity contribution in [1.82, 2.24) is 24.6 Å². The number of nitrogen functional groups attached to an aromatic ring is 1. The molecule has 16 heteroatoms. The van der Waals surface area contributed by atoms with Crippen LogP contribution in [0.15, 0.2) is 48.8 Å². The Balaban J connectivity index is 1.42. The Morgan fingerprint density at radius 1 is 1.26 bits per heavy atom. The first-order valence-electron chi connectivity index (χ1n) is 15.1. The van der Waals surface area contributed by atoms with Crippen LogP contribution in [-0.2, 0) is 23.4 Å². The number of halogens is 1. The number of hydrogen-bond acceptors (Lipinski definition) is 12. The molecule has 4 aromatic rings. The van der Waals surface area contributed by atoms with Gasteiger partial charge in [0.25, 0.3) is 0 Å². The van der Waals surface area contributed by atoms with Crippen molar-refractivity contribution in [3.8, 4) is 11.6 Å². The summed E-state index contributed by atoms with van der Waals surface area (Å²) in [4.78, 5) is 25.3. The number of carbonyl (C=O) groups is 1. The maximum atomic E-state index is 16.7. The molecule has 1 saturated heterocycles. The van der Waals surface area contributed by atoms with Crippen LogP contribution in [0.3, 0.4) is 0 Å². The zero-order chi connectivity index (χ0) is 34.2. The summed E-state index contributed by atoms with van der Waals surface area (Å²) in [6.07, 6.45) is -0.181. The van der Waals surface area contributed by atoms with Gasteiger partial charge in [-0.2, -0.15) is 15.1 Å². The lowest BCUT2D eigenvalue weighted by molar-refractivity contribution is -0.148. The van der Waals surface area contributed by atoms with Crippen molar-refractivity contribution in [2.24, 2.45) is 5.41 Å². The molecule has 1 aliphatic heterocycles. The summed E-state index contributed by atoms with van der Waals surface area (Å²) in [7, 11) is -4.52. The number of nitrogens with one attached hydrogen (secondary N) is 1. The number of benzene rings is 2. The summed E-state index contributed by atoms with van der Waals surface area (Å²) in [5, 5.41) is 15.6. The normalized spacial score (nSPS) is 23.4. The van der Waals surface area contributed by atoms with Gasteiger partial charge < -0.3 is 29.6 Å². The standard InChI is InChI=1S/C31H40FN6O8P/c1-7-42-25-23-24(35-28(33)36-25)38(18-34-23)27-30(6,32)31(40,16-44-27)17-45-47(41,37-19(2)26(39)43-15-29(3,4)5)46-22-14-10-12-20-11-8-9-13-21(20)22/h8-14,18-19,27,40H,7,15-17H2,1-6H3,(H,37,41)(H2,33,35,36)/t19?,27-,30+,31?,47?/m1/s1. The SMILES string of the molecule is CCOc1nc(N)nc2c1ncn2[C@@H]1OCC(O)(COP(=O)(NC(C)C(=O)OCC(C)(C)C)Oc2cccc3ccccc23)[C@@]1(C)F. The number of hydrogen-bond donors (Lipinski definition) is 3. The molecule has 5 atom stereocenters. The van der Waals surface area contributed by atoms with E-state index in [9.17, 15) is 14.5 Å². The minimum Gasteiger partial charge on any atom is -0.476 e. The number of esters is 1. The van der Waals surface area contributed by atoms with E-state index in [1.54, 1.807) is 31.2 Å². The molecule has 0 spiro atoms. The predicted molar refractivity (Wildman–Crippen MR) is 172 cm³/mol. The molecule has 0 bridgehead atoms. The third kappa shape index (κ3) is 7.19. The Hall–Kier alpha value is -3.88. The van der Waals surface area contributed by atoms with Crippen LogP contribution in [0.1, 0.15) is 47.8 Å². The van der Waals surface area contributed by atoms with Crippen molar-refractivity contribution in [3.63, 3.8) is 0 Å². The molecule has 4 N–H and O–H groups in total. The van der Waals surface area contributed by atoms with Crippen molar-refractivity contribution in [2.45, 2.75) is 65.1 Å². The third-order valence-corrected chi connectivity index (χ3v) is 9.20. The summed E-state index contributed by atoms with van der Waals surface area (Å²) in [5.74, 6) is -0.550. The highest BCUT2D eigenvalue weighted by atomic mass is 31.2. The van der Waals surface area contributed by atoms with Crippen LogP contribution in [0, 0.1) is 5.41 Å². The van der Waals surface area contributed by atoms with Gasteiger partial charge in [0.05, 0.1) is 32.8 Å². The lowest BCUT2D eigenvalue weighted by Crippen LogP contribution is -2.53. The fourth-order valence-corrected chi connectivity index (χ4v) is 6.53. The van der Waals surface area contributed by atoms with Crippen LogP contribution in [0.5, 0.6) is 11.6 Å². The molecule has 5 rings (SSSR count). The summed E-state index contributed by atoms with van der Waals surface area (Å²) in [5.41, 5.74) is 0.972. The molecule has 2 aromatic heterocycles. The van der Waals surface area contributed by atoms with E-state index in [1.165, 1.54) is 17.8 Å². The fraction of sp³-hybridized carbons (Fsp3) is 0.484. The Labute approximate surface area is 271 Å². The first-order chi connectivity index (χ1) is 22.1. The average Bonchev–Trinajstić information content (AvgIpc) is 3.52. The van der Waals surface area contributed by atoms with E-state index in [-0.39, 0.29) is 47.4 Å². The molecule has 1 fully saturated rings. The number of ether oxygens (including phenoxy) is 3. The van der Waals surface area contributed by atoms with Crippen LogP contribution < -0.4 is 20.1 Å². The summed E-state index contributed by atoms with van der Waals surface area (Å²) >= 11 is 0. The highest BCUT2D eigenvalue weighted by Gasteiger charge is 2.61. The highest BCUT2D eigenvalue weighted by Crippen LogP contribution is 2.51. The second-order valence-corrected chi connectivity index (χ2v) is 14.5. The van der Waals surface area contributed by atoms with E-state index < -0.39 is 50.5 Å². The van der Waals surface area contributed by atoms with Crippen molar-refractivity contribution in [3.05, 3.63) is 48.8 Å². The molecular weight excluding hydrogens is 634 g/mol. The first kappa shape index (κ1) is 34.5. The van der Waals surface area contributed by atoms with Gasteiger partial charge in [0.15, 0.2) is 23.1 Å². The molecule has 0 radical (unpaired) electrons. The molecule has 254 valence electrons. The van der Waals surface area contributed by atoms with Gasteiger partial charge in [0.1, 0.15) is 17.4 Å².